The maximum absolute atomic E-state index is 13.4. The van der Waals surface area contributed by atoms with Gasteiger partial charge in [0.2, 0.25) is 0 Å². The van der Waals surface area contributed by atoms with Crippen LogP contribution in [0.5, 0.6) is 0 Å². The first kappa shape index (κ1) is 18.8. The van der Waals surface area contributed by atoms with E-state index < -0.39 is 0 Å². The molecular weight excluding hydrogens is 375 g/mol. The lowest BCUT2D eigenvalue weighted by molar-refractivity contribution is 0.0746. The molecule has 1 aromatic carbocycles. The summed E-state index contributed by atoms with van der Waals surface area (Å²) in [6, 6.07) is 5.89. The van der Waals surface area contributed by atoms with E-state index in [-0.39, 0.29) is 11.7 Å². The van der Waals surface area contributed by atoms with Crippen molar-refractivity contribution >= 4 is 33.3 Å². The standard InChI is InChI=1S/C21H23FN4OS/c1-4-17-23-19(18-13(2)14(3)28-20(18)24-17)25-8-10-26(11-9-25)21(27)15-6-5-7-16(22)12-15/h5-7,12H,4,8-11H2,1-3H3. The number of carbonyl (C=O) groups excluding carboxylic acids is 1. The summed E-state index contributed by atoms with van der Waals surface area (Å²) in [5.74, 6) is 1.32. The highest BCUT2D eigenvalue weighted by molar-refractivity contribution is 7.18. The van der Waals surface area contributed by atoms with Gasteiger partial charge in [0, 0.05) is 43.0 Å². The third kappa shape index (κ3) is 3.35. The minimum absolute atomic E-state index is 0.121. The summed E-state index contributed by atoms with van der Waals surface area (Å²) in [4.78, 5) is 28.5. The van der Waals surface area contributed by atoms with E-state index >= 15 is 0 Å². The second-order valence-electron chi connectivity index (χ2n) is 7.07. The fourth-order valence-corrected chi connectivity index (χ4v) is 4.63. The van der Waals surface area contributed by atoms with E-state index in [0.29, 0.717) is 31.7 Å². The average molecular weight is 399 g/mol. The Kier molecular flexibility index (Phi) is 5.02. The molecule has 3 aromatic rings. The van der Waals surface area contributed by atoms with Gasteiger partial charge in [-0.15, -0.1) is 11.3 Å². The van der Waals surface area contributed by atoms with E-state index in [1.54, 1.807) is 28.4 Å². The van der Waals surface area contributed by atoms with Gasteiger partial charge in [0.05, 0.1) is 5.39 Å². The summed E-state index contributed by atoms with van der Waals surface area (Å²) in [6.45, 7) is 8.88. The van der Waals surface area contributed by atoms with Crippen molar-refractivity contribution in [1.29, 1.82) is 0 Å². The van der Waals surface area contributed by atoms with E-state index in [1.165, 1.54) is 22.6 Å². The predicted molar refractivity (Wildman–Crippen MR) is 111 cm³/mol. The third-order valence-electron chi connectivity index (χ3n) is 5.31. The molecule has 28 heavy (non-hydrogen) atoms. The van der Waals surface area contributed by atoms with Crippen molar-refractivity contribution < 1.29 is 9.18 Å². The molecule has 1 aliphatic heterocycles. The van der Waals surface area contributed by atoms with Gasteiger partial charge in [-0.3, -0.25) is 4.79 Å². The molecule has 146 valence electrons. The number of nitrogens with zero attached hydrogens (tertiary/aromatic N) is 4. The highest BCUT2D eigenvalue weighted by atomic mass is 32.1. The zero-order valence-electron chi connectivity index (χ0n) is 16.3. The number of hydrogen-bond donors (Lipinski definition) is 0. The molecule has 0 N–H and O–H groups in total. The number of aryl methyl sites for hydroxylation is 3. The highest BCUT2D eigenvalue weighted by Crippen LogP contribution is 2.35. The van der Waals surface area contributed by atoms with Gasteiger partial charge in [0.1, 0.15) is 22.3 Å². The Labute approximate surface area is 167 Å². The van der Waals surface area contributed by atoms with Crippen LogP contribution in [0.3, 0.4) is 0 Å². The zero-order chi connectivity index (χ0) is 19.8. The first-order valence-electron chi connectivity index (χ1n) is 9.54. The SMILES string of the molecule is CCc1nc(N2CCN(C(=O)c3cccc(F)c3)CC2)c2c(C)c(C)sc2n1. The van der Waals surface area contributed by atoms with E-state index in [0.717, 1.165) is 28.3 Å². The van der Waals surface area contributed by atoms with Gasteiger partial charge in [0.15, 0.2) is 0 Å². The number of benzene rings is 1. The first-order valence-corrected chi connectivity index (χ1v) is 10.4. The molecule has 0 aliphatic carbocycles. The molecule has 0 radical (unpaired) electrons. The molecule has 0 atom stereocenters. The van der Waals surface area contributed by atoms with Crippen molar-refractivity contribution in [1.82, 2.24) is 14.9 Å². The number of rotatable bonds is 3. The molecule has 3 heterocycles. The smallest absolute Gasteiger partial charge is 0.254 e. The maximum atomic E-state index is 13.4. The Morgan fingerprint density at radius 2 is 1.93 bits per heavy atom. The largest absolute Gasteiger partial charge is 0.352 e. The fraction of sp³-hybridized carbons (Fsp3) is 0.381. The van der Waals surface area contributed by atoms with Crippen LogP contribution in [0.15, 0.2) is 24.3 Å². The van der Waals surface area contributed by atoms with Crippen LogP contribution in [0.4, 0.5) is 10.2 Å². The van der Waals surface area contributed by atoms with Gasteiger partial charge in [-0.2, -0.15) is 0 Å². The Balaban J connectivity index is 1.58. The molecule has 0 unspecified atom stereocenters. The van der Waals surface area contributed by atoms with Crippen molar-refractivity contribution in [2.45, 2.75) is 27.2 Å². The average Bonchev–Trinajstić information content (AvgIpc) is 3.00. The van der Waals surface area contributed by atoms with Gasteiger partial charge >= 0.3 is 0 Å². The zero-order valence-corrected chi connectivity index (χ0v) is 17.1. The number of carbonyl (C=O) groups is 1. The number of hydrogen-bond acceptors (Lipinski definition) is 5. The van der Waals surface area contributed by atoms with Crippen LogP contribution in [-0.2, 0) is 6.42 Å². The molecule has 2 aromatic heterocycles. The van der Waals surface area contributed by atoms with Gasteiger partial charge in [0.25, 0.3) is 5.91 Å². The van der Waals surface area contributed by atoms with Gasteiger partial charge in [-0.05, 0) is 37.6 Å². The molecule has 4 rings (SSSR count). The quantitative estimate of drug-likeness (QED) is 0.670. The molecule has 0 bridgehead atoms. The van der Waals surface area contributed by atoms with Crippen molar-refractivity contribution in [3.63, 3.8) is 0 Å². The number of amides is 1. The number of fused-ring (bicyclic) bond motifs is 1. The first-order chi connectivity index (χ1) is 13.5. The fourth-order valence-electron chi connectivity index (χ4n) is 3.58. The number of thiophene rings is 1. The number of halogens is 1. The monoisotopic (exact) mass is 398 g/mol. The number of aromatic nitrogens is 2. The Morgan fingerprint density at radius 1 is 1.18 bits per heavy atom. The summed E-state index contributed by atoms with van der Waals surface area (Å²) in [6.07, 6.45) is 0.789. The minimum atomic E-state index is -0.386. The van der Waals surface area contributed by atoms with E-state index in [2.05, 4.69) is 25.7 Å². The van der Waals surface area contributed by atoms with Crippen molar-refractivity contribution in [3.05, 3.63) is 51.9 Å². The summed E-state index contributed by atoms with van der Waals surface area (Å²) >= 11 is 1.71. The molecule has 1 saturated heterocycles. The molecule has 0 saturated carbocycles. The highest BCUT2D eigenvalue weighted by Gasteiger charge is 2.26. The topological polar surface area (TPSA) is 49.3 Å². The molecule has 0 spiro atoms. The van der Waals surface area contributed by atoms with Crippen LogP contribution in [0.2, 0.25) is 0 Å². The molecule has 1 fully saturated rings. The lowest BCUT2D eigenvalue weighted by Crippen LogP contribution is -2.49. The van der Waals surface area contributed by atoms with Crippen LogP contribution >= 0.6 is 11.3 Å². The molecular formula is C21H23FN4OS. The molecule has 1 aliphatic rings. The van der Waals surface area contributed by atoms with Gasteiger partial charge < -0.3 is 9.80 Å². The Bertz CT molecular complexity index is 1040. The van der Waals surface area contributed by atoms with Crippen LogP contribution < -0.4 is 4.90 Å². The third-order valence-corrected chi connectivity index (χ3v) is 6.41. The van der Waals surface area contributed by atoms with Gasteiger partial charge in [-0.1, -0.05) is 13.0 Å². The summed E-state index contributed by atoms with van der Waals surface area (Å²) in [7, 11) is 0. The van der Waals surface area contributed by atoms with Crippen molar-refractivity contribution in [3.8, 4) is 0 Å². The van der Waals surface area contributed by atoms with Crippen molar-refractivity contribution in [2.24, 2.45) is 0 Å². The molecule has 1 amide bonds. The van der Waals surface area contributed by atoms with Crippen molar-refractivity contribution in [2.75, 3.05) is 31.1 Å². The number of piperazine rings is 1. The second kappa shape index (κ2) is 7.47. The summed E-state index contributed by atoms with van der Waals surface area (Å²) in [5, 5.41) is 1.13. The van der Waals surface area contributed by atoms with Crippen LogP contribution in [0.1, 0.15) is 33.5 Å². The van der Waals surface area contributed by atoms with E-state index in [1.807, 2.05) is 0 Å². The van der Waals surface area contributed by atoms with Crippen LogP contribution in [0, 0.1) is 19.7 Å². The normalized spacial score (nSPS) is 14.7. The minimum Gasteiger partial charge on any atom is -0.352 e. The lowest BCUT2D eigenvalue weighted by Gasteiger charge is -2.36. The van der Waals surface area contributed by atoms with Gasteiger partial charge in [-0.25, -0.2) is 14.4 Å². The molecule has 5 nitrogen and oxygen atoms in total. The second-order valence-corrected chi connectivity index (χ2v) is 8.27. The van der Waals surface area contributed by atoms with Crippen LogP contribution in [0.25, 0.3) is 10.2 Å². The maximum Gasteiger partial charge on any atom is 0.254 e. The lowest BCUT2D eigenvalue weighted by atomic mass is 10.1. The predicted octanol–water partition coefficient (Wildman–Crippen LogP) is 3.97. The van der Waals surface area contributed by atoms with E-state index in [9.17, 15) is 9.18 Å². The Morgan fingerprint density at radius 3 is 2.61 bits per heavy atom. The van der Waals surface area contributed by atoms with Crippen LogP contribution in [-0.4, -0.2) is 47.0 Å². The summed E-state index contributed by atoms with van der Waals surface area (Å²) < 4.78 is 13.4. The molecule has 7 heteroatoms. The van der Waals surface area contributed by atoms with E-state index in [4.69, 9.17) is 9.97 Å². The number of anilines is 1. The Hall–Kier alpha value is -2.54. The summed E-state index contributed by atoms with van der Waals surface area (Å²) in [5.41, 5.74) is 1.63.